The number of hydrogen-bond donors (Lipinski definition) is 1. The van der Waals surface area contributed by atoms with Crippen molar-refractivity contribution in [2.24, 2.45) is 0 Å². The molecule has 5 rings (SSSR count). The van der Waals surface area contributed by atoms with Gasteiger partial charge in [-0.15, -0.1) is 11.3 Å². The van der Waals surface area contributed by atoms with Crippen molar-refractivity contribution >= 4 is 23.0 Å². The fourth-order valence-electron chi connectivity index (χ4n) is 3.78. The maximum atomic E-state index is 11.8. The zero-order valence-corrected chi connectivity index (χ0v) is 18.1. The second kappa shape index (κ2) is 8.80. The molecule has 0 atom stereocenters. The molecule has 0 saturated carbocycles. The van der Waals surface area contributed by atoms with E-state index in [0.29, 0.717) is 25.4 Å². The molecule has 0 radical (unpaired) electrons. The molecule has 0 amide bonds. The van der Waals surface area contributed by atoms with Gasteiger partial charge in [0.1, 0.15) is 18.5 Å². The van der Waals surface area contributed by atoms with E-state index in [4.69, 9.17) is 9.47 Å². The van der Waals surface area contributed by atoms with Crippen LogP contribution in [0.2, 0.25) is 0 Å². The van der Waals surface area contributed by atoms with Crippen LogP contribution in [0.25, 0.3) is 5.69 Å². The Balaban J connectivity index is 1.22. The van der Waals surface area contributed by atoms with Crippen LogP contribution >= 0.6 is 11.3 Å². The van der Waals surface area contributed by atoms with Crippen molar-refractivity contribution in [3.8, 4) is 16.5 Å². The van der Waals surface area contributed by atoms with E-state index in [-0.39, 0.29) is 11.7 Å². The van der Waals surface area contributed by atoms with Gasteiger partial charge in [0.05, 0.1) is 30.0 Å². The van der Waals surface area contributed by atoms with Crippen molar-refractivity contribution in [3.05, 3.63) is 95.6 Å². The second-order valence-corrected chi connectivity index (χ2v) is 8.49. The predicted molar refractivity (Wildman–Crippen MR) is 124 cm³/mol. The van der Waals surface area contributed by atoms with Crippen LogP contribution in [0.1, 0.15) is 15.9 Å². The molecule has 0 unspecified atom stereocenters. The smallest absolute Gasteiger partial charge is 0.337 e. The average Bonchev–Trinajstić information content (AvgIpc) is 3.49. The number of carboxylic acids is 1. The highest BCUT2D eigenvalue weighted by Gasteiger charge is 2.31. The maximum absolute atomic E-state index is 11.8. The van der Waals surface area contributed by atoms with E-state index in [0.717, 1.165) is 22.1 Å². The first-order valence-corrected chi connectivity index (χ1v) is 11.2. The van der Waals surface area contributed by atoms with Gasteiger partial charge in [0.2, 0.25) is 0 Å². The summed E-state index contributed by atoms with van der Waals surface area (Å²) in [5.41, 5.74) is 2.94. The van der Waals surface area contributed by atoms with Crippen LogP contribution < -0.4 is 14.4 Å². The van der Waals surface area contributed by atoms with Crippen molar-refractivity contribution in [3.63, 3.8) is 0 Å². The summed E-state index contributed by atoms with van der Waals surface area (Å²) in [4.78, 5) is 13.9. The molecule has 7 heteroatoms. The van der Waals surface area contributed by atoms with Crippen molar-refractivity contribution < 1.29 is 19.4 Å². The Bertz CT molecular complexity index is 1180. The minimum atomic E-state index is -0.938. The van der Waals surface area contributed by atoms with E-state index in [9.17, 15) is 9.90 Å². The number of nitrogens with zero attached hydrogens (tertiary/aromatic N) is 2. The van der Waals surface area contributed by atoms with E-state index in [1.54, 1.807) is 23.5 Å². The first-order chi connectivity index (χ1) is 15.7. The van der Waals surface area contributed by atoms with Crippen LogP contribution in [0.5, 0.6) is 10.8 Å². The molecule has 2 aromatic carbocycles. The molecular formula is C25H22N2O4S. The molecule has 1 saturated heterocycles. The largest absolute Gasteiger partial charge is 0.487 e. The van der Waals surface area contributed by atoms with E-state index >= 15 is 0 Å². The monoisotopic (exact) mass is 446 g/mol. The summed E-state index contributed by atoms with van der Waals surface area (Å²) in [6, 6.07) is 21.0. The number of carbonyl (C=O) groups is 1. The summed E-state index contributed by atoms with van der Waals surface area (Å²) in [6.07, 6.45) is 3.78. The third-order valence-electron chi connectivity index (χ3n) is 5.40. The molecule has 0 bridgehead atoms. The summed E-state index contributed by atoms with van der Waals surface area (Å²) in [6.45, 7) is 1.92. The number of benzene rings is 2. The number of anilines is 1. The van der Waals surface area contributed by atoms with Gasteiger partial charge in [-0.2, -0.15) is 0 Å². The van der Waals surface area contributed by atoms with Gasteiger partial charge >= 0.3 is 5.97 Å². The molecule has 2 aromatic heterocycles. The van der Waals surface area contributed by atoms with Crippen LogP contribution in [0.15, 0.2) is 84.5 Å². The van der Waals surface area contributed by atoms with Gasteiger partial charge in [-0.3, -0.25) is 0 Å². The summed E-state index contributed by atoms with van der Waals surface area (Å²) < 4.78 is 13.7. The van der Waals surface area contributed by atoms with E-state index in [1.807, 2.05) is 76.9 Å². The number of carboxylic acid groups (broad SMARTS) is 1. The number of ether oxygens (including phenoxy) is 2. The van der Waals surface area contributed by atoms with E-state index < -0.39 is 5.97 Å². The van der Waals surface area contributed by atoms with Crippen LogP contribution in [0, 0.1) is 0 Å². The summed E-state index contributed by atoms with van der Waals surface area (Å²) in [7, 11) is 0. The van der Waals surface area contributed by atoms with Gasteiger partial charge in [-0.05, 0) is 59.5 Å². The zero-order chi connectivity index (χ0) is 21.9. The molecule has 1 N–H and O–H groups in total. The Morgan fingerprint density at radius 2 is 1.78 bits per heavy atom. The number of hydrogen-bond acceptors (Lipinski definition) is 5. The number of rotatable bonds is 8. The fourth-order valence-corrected chi connectivity index (χ4v) is 4.36. The molecule has 1 aliphatic rings. The van der Waals surface area contributed by atoms with Crippen molar-refractivity contribution in [1.29, 1.82) is 0 Å². The van der Waals surface area contributed by atoms with Crippen LogP contribution in [-0.2, 0) is 6.61 Å². The molecule has 162 valence electrons. The van der Waals surface area contributed by atoms with E-state index in [2.05, 4.69) is 4.90 Å². The maximum Gasteiger partial charge on any atom is 0.337 e. The lowest BCUT2D eigenvalue weighted by Crippen LogP contribution is -2.54. The summed E-state index contributed by atoms with van der Waals surface area (Å²) in [5, 5.41) is 12.6. The fraction of sp³-hybridized carbons (Fsp3) is 0.160. The highest BCUT2D eigenvalue weighted by Crippen LogP contribution is 2.32. The van der Waals surface area contributed by atoms with Gasteiger partial charge in [-0.25, -0.2) is 4.79 Å². The third-order valence-corrected chi connectivity index (χ3v) is 6.18. The standard InChI is InChI=1S/C25H22N2O4S/c28-25(29)21-5-3-6-22(24(21)26-12-1-2-13-26)27-15-20(16-27)31-19-10-8-18(9-11-19)17-30-23-7-4-14-32-23/h1-14,20H,15-17H2,(H,28,29). The Hall–Kier alpha value is -3.71. The van der Waals surface area contributed by atoms with E-state index in [1.165, 1.54) is 0 Å². The molecule has 0 aliphatic carbocycles. The van der Waals surface area contributed by atoms with Crippen molar-refractivity contribution in [2.45, 2.75) is 12.7 Å². The second-order valence-electron chi connectivity index (χ2n) is 7.58. The molecule has 1 aliphatic heterocycles. The Morgan fingerprint density at radius 3 is 2.47 bits per heavy atom. The summed E-state index contributed by atoms with van der Waals surface area (Å²) >= 11 is 1.58. The Kier molecular flexibility index (Phi) is 5.56. The molecule has 1 fully saturated rings. The number of thiophene rings is 1. The predicted octanol–water partition coefficient (Wildman–Crippen LogP) is 5.08. The minimum Gasteiger partial charge on any atom is -0.487 e. The van der Waals surface area contributed by atoms with Gasteiger partial charge in [0.15, 0.2) is 5.06 Å². The van der Waals surface area contributed by atoms with Crippen molar-refractivity contribution in [1.82, 2.24) is 4.57 Å². The quantitative estimate of drug-likeness (QED) is 0.409. The summed E-state index contributed by atoms with van der Waals surface area (Å²) in [5.74, 6) is -0.119. The molecule has 6 nitrogen and oxygen atoms in total. The highest BCUT2D eigenvalue weighted by molar-refractivity contribution is 7.11. The lowest BCUT2D eigenvalue weighted by atomic mass is 10.1. The lowest BCUT2D eigenvalue weighted by Gasteiger charge is -2.41. The average molecular weight is 447 g/mol. The Labute approximate surface area is 189 Å². The topological polar surface area (TPSA) is 63.9 Å². The van der Waals surface area contributed by atoms with Crippen LogP contribution in [-0.4, -0.2) is 34.8 Å². The van der Waals surface area contributed by atoms with Crippen LogP contribution in [0.3, 0.4) is 0 Å². The number of para-hydroxylation sites is 1. The SMILES string of the molecule is O=C(O)c1cccc(N2CC(Oc3ccc(COc4cccs4)cc3)C2)c1-n1cccc1. The number of aromatic nitrogens is 1. The highest BCUT2D eigenvalue weighted by atomic mass is 32.1. The van der Waals surface area contributed by atoms with Gasteiger partial charge in [-0.1, -0.05) is 18.2 Å². The normalized spacial score (nSPS) is 13.6. The van der Waals surface area contributed by atoms with Crippen molar-refractivity contribution in [2.75, 3.05) is 18.0 Å². The first kappa shape index (κ1) is 20.2. The molecule has 32 heavy (non-hydrogen) atoms. The van der Waals surface area contributed by atoms with Gasteiger partial charge < -0.3 is 24.0 Å². The molecule has 4 aromatic rings. The third kappa shape index (κ3) is 4.20. The van der Waals surface area contributed by atoms with Gasteiger partial charge in [0.25, 0.3) is 0 Å². The number of aromatic carboxylic acids is 1. The molecule has 3 heterocycles. The van der Waals surface area contributed by atoms with Crippen LogP contribution in [0.4, 0.5) is 5.69 Å². The first-order valence-electron chi connectivity index (χ1n) is 10.3. The zero-order valence-electron chi connectivity index (χ0n) is 17.3. The molecular weight excluding hydrogens is 424 g/mol. The minimum absolute atomic E-state index is 0.0502. The van der Waals surface area contributed by atoms with Gasteiger partial charge in [0, 0.05) is 12.4 Å². The lowest BCUT2D eigenvalue weighted by molar-refractivity contribution is 0.0697. The molecule has 0 spiro atoms. The Morgan fingerprint density at radius 1 is 1.00 bits per heavy atom.